The number of hydrogen-bond acceptors (Lipinski definition) is 3. The minimum Gasteiger partial charge on any atom is -0.493 e. The normalized spacial score (nSPS) is 14.4. The van der Waals surface area contributed by atoms with Crippen molar-refractivity contribution >= 4 is 0 Å². The quantitative estimate of drug-likeness (QED) is 0.915. The van der Waals surface area contributed by atoms with Crippen LogP contribution in [0.5, 0.6) is 11.5 Å². The SMILES string of the molecule is C[C@H](O)c1cccc(OCCc2ccc3c(c2)CCO3)c1. The second-order valence-electron chi connectivity index (χ2n) is 5.39. The molecular formula is C18H20O3. The van der Waals surface area contributed by atoms with E-state index in [9.17, 15) is 5.11 Å². The van der Waals surface area contributed by atoms with E-state index < -0.39 is 6.10 Å². The minimum absolute atomic E-state index is 0.467. The predicted octanol–water partition coefficient (Wildman–Crippen LogP) is 3.30. The van der Waals surface area contributed by atoms with E-state index in [4.69, 9.17) is 9.47 Å². The first kappa shape index (κ1) is 14.0. The molecule has 3 rings (SSSR count). The van der Waals surface area contributed by atoms with Crippen LogP contribution in [0.1, 0.15) is 29.7 Å². The van der Waals surface area contributed by atoms with Crippen molar-refractivity contribution in [3.63, 3.8) is 0 Å². The fraction of sp³-hybridized carbons (Fsp3) is 0.333. The lowest BCUT2D eigenvalue weighted by Gasteiger charge is -2.10. The van der Waals surface area contributed by atoms with Crippen molar-refractivity contribution in [2.75, 3.05) is 13.2 Å². The van der Waals surface area contributed by atoms with E-state index in [0.717, 1.165) is 36.5 Å². The van der Waals surface area contributed by atoms with Gasteiger partial charge < -0.3 is 14.6 Å². The third-order valence-electron chi connectivity index (χ3n) is 3.75. The number of ether oxygens (including phenoxy) is 2. The van der Waals surface area contributed by atoms with Crippen molar-refractivity contribution in [1.29, 1.82) is 0 Å². The highest BCUT2D eigenvalue weighted by Crippen LogP contribution is 2.26. The number of fused-ring (bicyclic) bond motifs is 1. The van der Waals surface area contributed by atoms with E-state index in [0.29, 0.717) is 6.61 Å². The summed E-state index contributed by atoms with van der Waals surface area (Å²) in [7, 11) is 0. The molecule has 21 heavy (non-hydrogen) atoms. The first-order chi connectivity index (χ1) is 10.2. The number of benzene rings is 2. The Morgan fingerprint density at radius 3 is 3.00 bits per heavy atom. The molecule has 1 N–H and O–H groups in total. The van der Waals surface area contributed by atoms with Crippen LogP contribution in [0.3, 0.4) is 0 Å². The van der Waals surface area contributed by atoms with Gasteiger partial charge in [0, 0.05) is 12.8 Å². The monoisotopic (exact) mass is 284 g/mol. The van der Waals surface area contributed by atoms with E-state index in [1.165, 1.54) is 11.1 Å². The van der Waals surface area contributed by atoms with Gasteiger partial charge in [-0.25, -0.2) is 0 Å². The van der Waals surface area contributed by atoms with Crippen LogP contribution in [0.2, 0.25) is 0 Å². The number of aliphatic hydroxyl groups excluding tert-OH is 1. The van der Waals surface area contributed by atoms with Gasteiger partial charge in [0.05, 0.1) is 19.3 Å². The average molecular weight is 284 g/mol. The molecule has 0 aliphatic carbocycles. The number of aliphatic hydroxyl groups is 1. The zero-order valence-electron chi connectivity index (χ0n) is 12.2. The van der Waals surface area contributed by atoms with E-state index in [2.05, 4.69) is 12.1 Å². The highest BCUT2D eigenvalue weighted by Gasteiger charge is 2.11. The standard InChI is InChI=1S/C18H20O3/c1-13(19)15-3-2-4-17(12-15)20-9-7-14-5-6-18-16(11-14)8-10-21-18/h2-6,11-13,19H,7-10H2,1H3/t13-/m0/s1. The lowest BCUT2D eigenvalue weighted by atomic mass is 10.1. The maximum absolute atomic E-state index is 9.57. The molecule has 1 aliphatic heterocycles. The first-order valence-electron chi connectivity index (χ1n) is 7.38. The van der Waals surface area contributed by atoms with Gasteiger partial charge in [0.25, 0.3) is 0 Å². The first-order valence-corrected chi connectivity index (χ1v) is 7.38. The number of rotatable bonds is 5. The maximum atomic E-state index is 9.57. The molecule has 2 aromatic rings. The molecule has 3 nitrogen and oxygen atoms in total. The molecule has 0 saturated heterocycles. The van der Waals surface area contributed by atoms with Gasteiger partial charge in [-0.3, -0.25) is 0 Å². The molecule has 110 valence electrons. The predicted molar refractivity (Wildman–Crippen MR) is 81.9 cm³/mol. The van der Waals surface area contributed by atoms with Crippen molar-refractivity contribution in [2.45, 2.75) is 25.9 Å². The summed E-state index contributed by atoms with van der Waals surface area (Å²) in [6.45, 7) is 3.18. The summed E-state index contributed by atoms with van der Waals surface area (Å²) in [6.07, 6.45) is 1.40. The minimum atomic E-state index is -0.467. The van der Waals surface area contributed by atoms with Gasteiger partial charge in [0.1, 0.15) is 11.5 Å². The second kappa shape index (κ2) is 6.19. The summed E-state index contributed by atoms with van der Waals surface area (Å²) in [5.41, 5.74) is 3.44. The molecule has 3 heteroatoms. The summed E-state index contributed by atoms with van der Waals surface area (Å²) in [5, 5.41) is 9.57. The van der Waals surface area contributed by atoms with Crippen LogP contribution in [0.15, 0.2) is 42.5 Å². The Morgan fingerprint density at radius 1 is 1.24 bits per heavy atom. The van der Waals surface area contributed by atoms with Crippen LogP contribution < -0.4 is 9.47 Å². The van der Waals surface area contributed by atoms with Gasteiger partial charge in [-0.2, -0.15) is 0 Å². The molecule has 0 fully saturated rings. The number of hydrogen-bond donors (Lipinski definition) is 1. The molecule has 0 saturated carbocycles. The Balaban J connectivity index is 1.57. The molecule has 0 radical (unpaired) electrons. The molecule has 0 amide bonds. The highest BCUT2D eigenvalue weighted by molar-refractivity contribution is 5.40. The van der Waals surface area contributed by atoms with E-state index >= 15 is 0 Å². The average Bonchev–Trinajstić information content (AvgIpc) is 2.95. The van der Waals surface area contributed by atoms with Crippen LogP contribution in [0.4, 0.5) is 0 Å². The van der Waals surface area contributed by atoms with Gasteiger partial charge in [0.2, 0.25) is 0 Å². The van der Waals surface area contributed by atoms with Crippen LogP contribution in [0, 0.1) is 0 Å². The Kier molecular flexibility index (Phi) is 4.11. The molecule has 2 aromatic carbocycles. The molecule has 1 heterocycles. The van der Waals surface area contributed by atoms with Crippen LogP contribution in [-0.2, 0) is 12.8 Å². The molecular weight excluding hydrogens is 264 g/mol. The van der Waals surface area contributed by atoms with Gasteiger partial charge in [-0.15, -0.1) is 0 Å². The second-order valence-corrected chi connectivity index (χ2v) is 5.39. The maximum Gasteiger partial charge on any atom is 0.122 e. The molecule has 1 atom stereocenters. The van der Waals surface area contributed by atoms with Gasteiger partial charge >= 0.3 is 0 Å². The molecule has 1 aliphatic rings. The van der Waals surface area contributed by atoms with Crippen molar-refractivity contribution < 1.29 is 14.6 Å². The van der Waals surface area contributed by atoms with Crippen LogP contribution >= 0.6 is 0 Å². The summed E-state index contributed by atoms with van der Waals surface area (Å²) < 4.78 is 11.3. The molecule has 0 aromatic heterocycles. The molecule has 0 spiro atoms. The largest absolute Gasteiger partial charge is 0.493 e. The van der Waals surface area contributed by atoms with Gasteiger partial charge in [-0.1, -0.05) is 24.3 Å². The lowest BCUT2D eigenvalue weighted by molar-refractivity contribution is 0.198. The fourth-order valence-electron chi connectivity index (χ4n) is 2.55. The zero-order valence-corrected chi connectivity index (χ0v) is 12.2. The van der Waals surface area contributed by atoms with Crippen LogP contribution in [-0.4, -0.2) is 18.3 Å². The topological polar surface area (TPSA) is 38.7 Å². The van der Waals surface area contributed by atoms with Crippen LogP contribution in [0.25, 0.3) is 0 Å². The fourth-order valence-corrected chi connectivity index (χ4v) is 2.55. The summed E-state index contributed by atoms with van der Waals surface area (Å²) in [6, 6.07) is 14.0. The summed E-state index contributed by atoms with van der Waals surface area (Å²) in [5.74, 6) is 1.82. The third-order valence-corrected chi connectivity index (χ3v) is 3.75. The lowest BCUT2D eigenvalue weighted by Crippen LogP contribution is -2.02. The molecule has 0 bridgehead atoms. The van der Waals surface area contributed by atoms with E-state index in [-0.39, 0.29) is 0 Å². The van der Waals surface area contributed by atoms with Gasteiger partial charge in [0.15, 0.2) is 0 Å². The smallest absolute Gasteiger partial charge is 0.122 e. The van der Waals surface area contributed by atoms with E-state index in [1.54, 1.807) is 6.92 Å². The van der Waals surface area contributed by atoms with Crippen molar-refractivity contribution in [3.05, 3.63) is 59.2 Å². The summed E-state index contributed by atoms with van der Waals surface area (Å²) >= 11 is 0. The Morgan fingerprint density at radius 2 is 2.14 bits per heavy atom. The van der Waals surface area contributed by atoms with Crippen molar-refractivity contribution in [2.24, 2.45) is 0 Å². The van der Waals surface area contributed by atoms with Gasteiger partial charge in [-0.05, 0) is 41.8 Å². The van der Waals surface area contributed by atoms with Crippen molar-refractivity contribution in [1.82, 2.24) is 0 Å². The zero-order chi connectivity index (χ0) is 14.7. The Labute approximate surface area is 125 Å². The van der Waals surface area contributed by atoms with Crippen molar-refractivity contribution in [3.8, 4) is 11.5 Å². The molecule has 0 unspecified atom stereocenters. The highest BCUT2D eigenvalue weighted by atomic mass is 16.5. The van der Waals surface area contributed by atoms with E-state index in [1.807, 2.05) is 30.3 Å². The Hall–Kier alpha value is -2.00. The third kappa shape index (κ3) is 3.37. The summed E-state index contributed by atoms with van der Waals surface area (Å²) in [4.78, 5) is 0. The Bertz CT molecular complexity index is 620.